The summed E-state index contributed by atoms with van der Waals surface area (Å²) in [5.74, 6) is 3.16. The highest BCUT2D eigenvalue weighted by Crippen LogP contribution is 2.23. The first-order valence-corrected chi connectivity index (χ1v) is 7.45. The van der Waals surface area contributed by atoms with E-state index in [9.17, 15) is 10.0 Å². The fraction of sp³-hybridized carbons (Fsp3) is 0.538. The lowest BCUT2D eigenvalue weighted by molar-refractivity contribution is 0.192. The van der Waals surface area contributed by atoms with Crippen LogP contribution < -0.4 is 10.2 Å². The summed E-state index contributed by atoms with van der Waals surface area (Å²) in [6.07, 6.45) is 2.48. The first-order chi connectivity index (χ1) is 8.58. The van der Waals surface area contributed by atoms with Crippen LogP contribution in [0.5, 0.6) is 5.75 Å². The monoisotopic (exact) mass is 266 g/mol. The van der Waals surface area contributed by atoms with Crippen molar-refractivity contribution in [1.29, 1.82) is 0 Å². The summed E-state index contributed by atoms with van der Waals surface area (Å²) in [4.78, 5) is 0. The van der Waals surface area contributed by atoms with Crippen LogP contribution in [0.15, 0.2) is 12.1 Å². The van der Waals surface area contributed by atoms with Crippen molar-refractivity contribution in [3.63, 3.8) is 0 Å². The SMILES string of the molecule is Cc1cc(OC2CCSCC2)cc(C)c1B(O)O. The highest BCUT2D eigenvalue weighted by atomic mass is 32.2. The van der Waals surface area contributed by atoms with Crippen molar-refractivity contribution >= 4 is 24.3 Å². The van der Waals surface area contributed by atoms with Gasteiger partial charge in [-0.05, 0) is 66.9 Å². The van der Waals surface area contributed by atoms with Crippen molar-refractivity contribution in [2.45, 2.75) is 32.8 Å². The summed E-state index contributed by atoms with van der Waals surface area (Å²) >= 11 is 1.98. The molecule has 1 aliphatic heterocycles. The topological polar surface area (TPSA) is 49.7 Å². The van der Waals surface area contributed by atoms with E-state index in [4.69, 9.17) is 4.74 Å². The zero-order valence-electron chi connectivity index (χ0n) is 10.8. The van der Waals surface area contributed by atoms with E-state index in [0.29, 0.717) is 11.6 Å². The second-order valence-corrected chi connectivity index (χ2v) is 6.00. The Labute approximate surface area is 113 Å². The first-order valence-electron chi connectivity index (χ1n) is 6.29. The van der Waals surface area contributed by atoms with Crippen LogP contribution in [-0.4, -0.2) is 34.8 Å². The van der Waals surface area contributed by atoms with Crippen LogP contribution in [-0.2, 0) is 0 Å². The van der Waals surface area contributed by atoms with E-state index >= 15 is 0 Å². The molecule has 2 rings (SSSR count). The molecular formula is C13H19BO3S. The maximum atomic E-state index is 9.31. The quantitative estimate of drug-likeness (QED) is 0.809. The smallest absolute Gasteiger partial charge is 0.488 e. The molecule has 98 valence electrons. The Hall–Kier alpha value is -0.645. The van der Waals surface area contributed by atoms with E-state index in [1.165, 1.54) is 0 Å². The second kappa shape index (κ2) is 6.00. The molecule has 0 amide bonds. The lowest BCUT2D eigenvalue weighted by Gasteiger charge is -2.23. The molecule has 0 aliphatic carbocycles. The van der Waals surface area contributed by atoms with Crippen LogP contribution in [0.2, 0.25) is 0 Å². The number of hydrogen-bond acceptors (Lipinski definition) is 4. The molecule has 1 aromatic rings. The molecule has 1 heterocycles. The van der Waals surface area contributed by atoms with Gasteiger partial charge in [-0.15, -0.1) is 0 Å². The fourth-order valence-electron chi connectivity index (χ4n) is 2.40. The Kier molecular flexibility index (Phi) is 4.59. The molecule has 0 spiro atoms. The minimum Gasteiger partial charge on any atom is -0.490 e. The van der Waals surface area contributed by atoms with Gasteiger partial charge in [-0.2, -0.15) is 11.8 Å². The third kappa shape index (κ3) is 3.22. The van der Waals surface area contributed by atoms with Crippen LogP contribution >= 0.6 is 11.8 Å². The zero-order chi connectivity index (χ0) is 13.1. The molecule has 0 atom stereocenters. The molecule has 0 unspecified atom stereocenters. The Balaban J connectivity index is 2.14. The second-order valence-electron chi connectivity index (χ2n) is 4.77. The van der Waals surface area contributed by atoms with Gasteiger partial charge in [0.15, 0.2) is 0 Å². The van der Waals surface area contributed by atoms with E-state index in [1.54, 1.807) is 0 Å². The minimum atomic E-state index is -1.41. The van der Waals surface area contributed by atoms with E-state index in [2.05, 4.69) is 0 Å². The number of rotatable bonds is 3. The maximum absolute atomic E-state index is 9.31. The van der Waals surface area contributed by atoms with Crippen molar-refractivity contribution in [2.75, 3.05) is 11.5 Å². The largest absolute Gasteiger partial charge is 0.490 e. The van der Waals surface area contributed by atoms with Gasteiger partial charge < -0.3 is 14.8 Å². The third-order valence-corrected chi connectivity index (χ3v) is 4.35. The van der Waals surface area contributed by atoms with Crippen LogP contribution in [0.1, 0.15) is 24.0 Å². The Morgan fingerprint density at radius 2 is 1.72 bits per heavy atom. The van der Waals surface area contributed by atoms with Crippen LogP contribution in [0.3, 0.4) is 0 Å². The summed E-state index contributed by atoms with van der Waals surface area (Å²) in [6, 6.07) is 3.78. The number of benzene rings is 1. The Morgan fingerprint density at radius 3 is 2.22 bits per heavy atom. The van der Waals surface area contributed by atoms with Crippen molar-refractivity contribution in [1.82, 2.24) is 0 Å². The maximum Gasteiger partial charge on any atom is 0.488 e. The van der Waals surface area contributed by atoms with Gasteiger partial charge in [-0.25, -0.2) is 0 Å². The highest BCUT2D eigenvalue weighted by molar-refractivity contribution is 7.99. The van der Waals surface area contributed by atoms with Gasteiger partial charge in [0.05, 0.1) is 0 Å². The minimum absolute atomic E-state index is 0.301. The van der Waals surface area contributed by atoms with Gasteiger partial charge in [-0.3, -0.25) is 0 Å². The molecule has 0 saturated carbocycles. The van der Waals surface area contributed by atoms with Gasteiger partial charge >= 0.3 is 7.12 Å². The average Bonchev–Trinajstić information content (AvgIpc) is 2.28. The van der Waals surface area contributed by atoms with E-state index in [0.717, 1.165) is 41.2 Å². The van der Waals surface area contributed by atoms with Crippen molar-refractivity contribution in [2.24, 2.45) is 0 Å². The number of ether oxygens (including phenoxy) is 1. The van der Waals surface area contributed by atoms with Gasteiger partial charge in [0.2, 0.25) is 0 Å². The van der Waals surface area contributed by atoms with Crippen molar-refractivity contribution in [3.05, 3.63) is 23.3 Å². The van der Waals surface area contributed by atoms with E-state index < -0.39 is 7.12 Å². The summed E-state index contributed by atoms with van der Waals surface area (Å²) in [7, 11) is -1.41. The van der Waals surface area contributed by atoms with E-state index in [1.807, 2.05) is 37.7 Å². The zero-order valence-corrected chi connectivity index (χ0v) is 11.7. The fourth-order valence-corrected chi connectivity index (χ4v) is 3.46. The first kappa shape index (κ1) is 13.8. The van der Waals surface area contributed by atoms with Gasteiger partial charge in [-0.1, -0.05) is 0 Å². The Bertz CT molecular complexity index is 394. The molecule has 0 radical (unpaired) electrons. The predicted molar refractivity (Wildman–Crippen MR) is 76.7 cm³/mol. The summed E-state index contributed by atoms with van der Waals surface area (Å²) in [5, 5.41) is 18.6. The highest BCUT2D eigenvalue weighted by Gasteiger charge is 2.20. The van der Waals surface area contributed by atoms with Crippen molar-refractivity contribution in [3.8, 4) is 5.75 Å². The van der Waals surface area contributed by atoms with Gasteiger partial charge in [0.25, 0.3) is 0 Å². The summed E-state index contributed by atoms with van der Waals surface area (Å²) in [6.45, 7) is 3.76. The third-order valence-electron chi connectivity index (χ3n) is 3.30. The molecule has 0 bridgehead atoms. The van der Waals surface area contributed by atoms with Crippen molar-refractivity contribution < 1.29 is 14.8 Å². The molecule has 2 N–H and O–H groups in total. The van der Waals surface area contributed by atoms with Crippen LogP contribution in [0, 0.1) is 13.8 Å². The molecule has 1 aromatic carbocycles. The molecular weight excluding hydrogens is 247 g/mol. The number of aryl methyl sites for hydroxylation is 2. The molecule has 1 saturated heterocycles. The molecule has 1 aliphatic rings. The number of hydrogen-bond donors (Lipinski definition) is 2. The van der Waals surface area contributed by atoms with Gasteiger partial charge in [0, 0.05) is 0 Å². The molecule has 1 fully saturated rings. The standard InChI is InChI=1S/C13H19BO3S/c1-9-7-12(8-10(2)13(9)14(15)16)17-11-3-5-18-6-4-11/h7-8,11,15-16H,3-6H2,1-2H3. The normalized spacial score (nSPS) is 16.7. The molecule has 5 heteroatoms. The summed E-state index contributed by atoms with van der Waals surface area (Å²) < 4.78 is 5.98. The average molecular weight is 266 g/mol. The molecule has 0 aromatic heterocycles. The lowest BCUT2D eigenvalue weighted by atomic mass is 9.74. The Morgan fingerprint density at radius 1 is 1.17 bits per heavy atom. The lowest BCUT2D eigenvalue weighted by Crippen LogP contribution is -2.34. The summed E-state index contributed by atoms with van der Waals surface area (Å²) in [5.41, 5.74) is 2.32. The van der Waals surface area contributed by atoms with E-state index in [-0.39, 0.29) is 0 Å². The van der Waals surface area contributed by atoms with Crippen LogP contribution in [0.4, 0.5) is 0 Å². The van der Waals surface area contributed by atoms with Gasteiger partial charge in [0.1, 0.15) is 11.9 Å². The predicted octanol–water partition coefficient (Wildman–Crippen LogP) is 1.26. The molecule has 18 heavy (non-hydrogen) atoms. The number of thioether (sulfide) groups is 1. The van der Waals surface area contributed by atoms with Crippen LogP contribution in [0.25, 0.3) is 0 Å². The molecule has 3 nitrogen and oxygen atoms in total.